The maximum atomic E-state index is 11.8. The number of aromatic amines is 1. The van der Waals surface area contributed by atoms with Crippen LogP contribution in [0.15, 0.2) is 42.5 Å². The molecule has 4 rings (SSSR count). The van der Waals surface area contributed by atoms with E-state index >= 15 is 0 Å². The number of benzene rings is 2. The molecule has 0 amide bonds. The smallest absolute Gasteiger partial charge is 0.321 e. The lowest BCUT2D eigenvalue weighted by Gasteiger charge is -2.30. The molecule has 140 valence electrons. The Kier molecular flexibility index (Phi) is 4.40. The summed E-state index contributed by atoms with van der Waals surface area (Å²) in [5, 5.41) is 14.1. The first-order valence-electron chi connectivity index (χ1n) is 9.25. The number of nitrogens with one attached hydrogen (secondary N) is 2. The lowest BCUT2D eigenvalue weighted by molar-refractivity contribution is -0.139. The highest BCUT2D eigenvalue weighted by molar-refractivity contribution is 5.87. The largest absolute Gasteiger partial charge is 0.496 e. The quantitative estimate of drug-likeness (QED) is 0.654. The molecular weight excluding hydrogens is 340 g/mol. The van der Waals surface area contributed by atoms with Gasteiger partial charge in [0.2, 0.25) is 0 Å². The SMILES string of the molecule is COc1cc(C(C)C)ccc1C1NC(C(=O)O)Cc2c1[nH]c1ccccc21. The predicted octanol–water partition coefficient (Wildman–Crippen LogP) is 3.99. The van der Waals surface area contributed by atoms with E-state index in [1.165, 1.54) is 5.56 Å². The molecule has 1 aliphatic heterocycles. The average molecular weight is 364 g/mol. The third-order valence-electron chi connectivity index (χ3n) is 5.44. The van der Waals surface area contributed by atoms with Gasteiger partial charge in [-0.15, -0.1) is 0 Å². The summed E-state index contributed by atoms with van der Waals surface area (Å²) in [6.45, 7) is 4.28. The summed E-state index contributed by atoms with van der Waals surface area (Å²) in [4.78, 5) is 15.3. The van der Waals surface area contributed by atoms with Crippen molar-refractivity contribution < 1.29 is 14.6 Å². The molecule has 0 saturated heterocycles. The van der Waals surface area contributed by atoms with E-state index in [-0.39, 0.29) is 6.04 Å². The molecule has 5 heteroatoms. The van der Waals surface area contributed by atoms with Crippen LogP contribution in [0.25, 0.3) is 10.9 Å². The number of fused-ring (bicyclic) bond motifs is 3. The number of H-pyrrole nitrogens is 1. The second-order valence-corrected chi connectivity index (χ2v) is 7.41. The van der Waals surface area contributed by atoms with E-state index in [0.29, 0.717) is 12.3 Å². The fraction of sp³-hybridized carbons (Fsp3) is 0.318. The minimum atomic E-state index is -0.839. The van der Waals surface area contributed by atoms with Crippen molar-refractivity contribution in [2.45, 2.75) is 38.3 Å². The second kappa shape index (κ2) is 6.74. The number of rotatable bonds is 4. The van der Waals surface area contributed by atoms with Crippen molar-refractivity contribution in [3.05, 3.63) is 64.8 Å². The highest BCUT2D eigenvalue weighted by Crippen LogP contribution is 2.39. The third-order valence-corrected chi connectivity index (χ3v) is 5.44. The van der Waals surface area contributed by atoms with Gasteiger partial charge in [0.05, 0.1) is 13.2 Å². The number of carboxylic acids is 1. The zero-order chi connectivity index (χ0) is 19.1. The molecule has 2 aromatic carbocycles. The van der Waals surface area contributed by atoms with E-state index in [2.05, 4.69) is 30.2 Å². The molecule has 0 aliphatic carbocycles. The Bertz CT molecular complexity index is 1010. The van der Waals surface area contributed by atoms with Crippen molar-refractivity contribution in [2.24, 2.45) is 0 Å². The van der Waals surface area contributed by atoms with Crippen LogP contribution < -0.4 is 10.1 Å². The Morgan fingerprint density at radius 3 is 2.70 bits per heavy atom. The summed E-state index contributed by atoms with van der Waals surface area (Å²) in [7, 11) is 1.66. The summed E-state index contributed by atoms with van der Waals surface area (Å²) < 4.78 is 5.67. The normalized spacial score (nSPS) is 19.3. The summed E-state index contributed by atoms with van der Waals surface area (Å²) in [6, 6.07) is 13.3. The van der Waals surface area contributed by atoms with Crippen LogP contribution in [0.1, 0.15) is 48.2 Å². The molecular formula is C22H24N2O3. The Morgan fingerprint density at radius 2 is 2.00 bits per heavy atom. The van der Waals surface area contributed by atoms with Gasteiger partial charge in [0.25, 0.3) is 0 Å². The molecule has 2 heterocycles. The van der Waals surface area contributed by atoms with Gasteiger partial charge < -0.3 is 14.8 Å². The van der Waals surface area contributed by atoms with Crippen LogP contribution in [0, 0.1) is 0 Å². The number of carbonyl (C=O) groups is 1. The van der Waals surface area contributed by atoms with E-state index in [1.807, 2.05) is 36.4 Å². The van der Waals surface area contributed by atoms with Crippen LogP contribution in [-0.4, -0.2) is 29.2 Å². The monoisotopic (exact) mass is 364 g/mol. The Hall–Kier alpha value is -2.79. The molecule has 0 spiro atoms. The molecule has 0 fully saturated rings. The van der Waals surface area contributed by atoms with Crippen LogP contribution in [0.5, 0.6) is 5.75 Å². The van der Waals surface area contributed by atoms with Gasteiger partial charge in [0.15, 0.2) is 0 Å². The van der Waals surface area contributed by atoms with Crippen molar-refractivity contribution in [1.29, 1.82) is 0 Å². The Labute approximate surface area is 158 Å². The van der Waals surface area contributed by atoms with Crippen LogP contribution in [0.2, 0.25) is 0 Å². The Balaban J connectivity index is 1.89. The predicted molar refractivity (Wildman–Crippen MR) is 105 cm³/mol. The van der Waals surface area contributed by atoms with E-state index in [0.717, 1.165) is 33.5 Å². The number of hydrogen-bond acceptors (Lipinski definition) is 3. The van der Waals surface area contributed by atoms with Gasteiger partial charge in [-0.05, 0) is 29.2 Å². The standard InChI is InChI=1S/C22H24N2O3/c1-12(2)13-8-9-15(19(10-13)27-3)20-21-16(11-18(24-20)22(25)26)14-6-4-5-7-17(14)23-21/h4-10,12,18,20,23-24H,11H2,1-3H3,(H,25,26). The van der Waals surface area contributed by atoms with Crippen LogP contribution in [0.3, 0.4) is 0 Å². The Morgan fingerprint density at radius 1 is 1.22 bits per heavy atom. The first-order valence-corrected chi connectivity index (χ1v) is 9.25. The van der Waals surface area contributed by atoms with E-state index in [4.69, 9.17) is 4.74 Å². The fourth-order valence-electron chi connectivity index (χ4n) is 3.96. The fourth-order valence-corrected chi connectivity index (χ4v) is 3.96. The molecule has 3 aromatic rings. The van der Waals surface area contributed by atoms with Crippen LogP contribution in [0.4, 0.5) is 0 Å². The van der Waals surface area contributed by atoms with Gasteiger partial charge in [0.1, 0.15) is 11.8 Å². The molecule has 1 aliphatic rings. The topological polar surface area (TPSA) is 74.3 Å². The number of methoxy groups -OCH3 is 1. The lowest BCUT2D eigenvalue weighted by atomic mass is 9.89. The van der Waals surface area contributed by atoms with E-state index in [1.54, 1.807) is 7.11 Å². The third kappa shape index (κ3) is 2.98. The van der Waals surface area contributed by atoms with Gasteiger partial charge in [0, 0.05) is 28.6 Å². The summed E-state index contributed by atoms with van der Waals surface area (Å²) in [5.74, 6) is 0.325. The van der Waals surface area contributed by atoms with Crippen LogP contribution in [-0.2, 0) is 11.2 Å². The van der Waals surface area contributed by atoms with Gasteiger partial charge in [-0.3, -0.25) is 10.1 Å². The highest BCUT2D eigenvalue weighted by atomic mass is 16.5. The van der Waals surface area contributed by atoms with E-state index in [9.17, 15) is 9.90 Å². The molecule has 27 heavy (non-hydrogen) atoms. The summed E-state index contributed by atoms with van der Waals surface area (Å²) in [5.41, 5.74) is 5.25. The number of para-hydroxylation sites is 1. The van der Waals surface area contributed by atoms with Crippen LogP contribution >= 0.6 is 0 Å². The zero-order valence-electron chi connectivity index (χ0n) is 15.7. The molecule has 0 bridgehead atoms. The first-order chi connectivity index (χ1) is 13.0. The van der Waals surface area contributed by atoms with Crippen molar-refractivity contribution in [3.8, 4) is 5.75 Å². The lowest BCUT2D eigenvalue weighted by Crippen LogP contribution is -2.45. The van der Waals surface area contributed by atoms with Crippen molar-refractivity contribution >= 4 is 16.9 Å². The maximum Gasteiger partial charge on any atom is 0.321 e. The number of aliphatic carboxylic acids is 1. The van der Waals surface area contributed by atoms with Crippen molar-refractivity contribution in [1.82, 2.24) is 10.3 Å². The second-order valence-electron chi connectivity index (χ2n) is 7.41. The number of ether oxygens (including phenoxy) is 1. The average Bonchev–Trinajstić information content (AvgIpc) is 3.05. The zero-order valence-corrected chi connectivity index (χ0v) is 15.7. The van der Waals surface area contributed by atoms with Crippen molar-refractivity contribution in [3.63, 3.8) is 0 Å². The minimum absolute atomic E-state index is 0.265. The molecule has 3 N–H and O–H groups in total. The van der Waals surface area contributed by atoms with E-state index < -0.39 is 12.0 Å². The summed E-state index contributed by atoms with van der Waals surface area (Å²) in [6.07, 6.45) is 0.456. The van der Waals surface area contributed by atoms with Gasteiger partial charge in [-0.25, -0.2) is 0 Å². The number of carboxylic acid groups (broad SMARTS) is 1. The summed E-state index contributed by atoms with van der Waals surface area (Å²) >= 11 is 0. The molecule has 0 radical (unpaired) electrons. The van der Waals surface area contributed by atoms with Gasteiger partial charge in [-0.2, -0.15) is 0 Å². The number of aromatic nitrogens is 1. The molecule has 1 aromatic heterocycles. The minimum Gasteiger partial charge on any atom is -0.496 e. The number of hydrogen-bond donors (Lipinski definition) is 3. The molecule has 0 saturated carbocycles. The first kappa shape index (κ1) is 17.6. The highest BCUT2D eigenvalue weighted by Gasteiger charge is 2.35. The maximum absolute atomic E-state index is 11.8. The van der Waals surface area contributed by atoms with Gasteiger partial charge in [-0.1, -0.05) is 44.2 Å². The van der Waals surface area contributed by atoms with Crippen molar-refractivity contribution in [2.75, 3.05) is 7.11 Å². The van der Waals surface area contributed by atoms with Gasteiger partial charge >= 0.3 is 5.97 Å². The molecule has 2 atom stereocenters. The molecule has 5 nitrogen and oxygen atoms in total. The molecule has 2 unspecified atom stereocenters.